The third-order valence-electron chi connectivity index (χ3n) is 5.30. The molecular formula is C23H20ClN5O2. The number of benzene rings is 2. The van der Waals surface area contributed by atoms with E-state index >= 15 is 0 Å². The van der Waals surface area contributed by atoms with Gasteiger partial charge in [0.15, 0.2) is 0 Å². The third-order valence-corrected chi connectivity index (χ3v) is 5.54. The zero-order chi connectivity index (χ0) is 22.1. The maximum absolute atomic E-state index is 13.4. The van der Waals surface area contributed by atoms with Crippen LogP contribution in [0.1, 0.15) is 18.9 Å². The van der Waals surface area contributed by atoms with Crippen LogP contribution in [0, 0.1) is 11.3 Å². The van der Waals surface area contributed by atoms with Crippen molar-refractivity contribution in [2.75, 3.05) is 28.7 Å². The molecule has 0 spiro atoms. The van der Waals surface area contributed by atoms with Crippen LogP contribution >= 0.6 is 11.6 Å². The Morgan fingerprint density at radius 2 is 2.13 bits per heavy atom. The molecule has 1 aliphatic heterocycles. The highest BCUT2D eigenvalue weighted by atomic mass is 35.5. The lowest BCUT2D eigenvalue weighted by molar-refractivity contribution is -0.118. The molecule has 2 aromatic carbocycles. The van der Waals surface area contributed by atoms with Crippen molar-refractivity contribution >= 4 is 51.4 Å². The van der Waals surface area contributed by atoms with Crippen LogP contribution in [0.2, 0.25) is 5.02 Å². The highest BCUT2D eigenvalue weighted by Gasteiger charge is 2.30. The lowest BCUT2D eigenvalue weighted by Crippen LogP contribution is -2.44. The number of hydrogen-bond acceptors (Lipinski definition) is 5. The van der Waals surface area contributed by atoms with Gasteiger partial charge >= 0.3 is 0 Å². The molecule has 0 saturated heterocycles. The lowest BCUT2D eigenvalue weighted by Gasteiger charge is -2.30. The molecule has 7 nitrogen and oxygen atoms in total. The topological polar surface area (TPSA) is 89.3 Å². The number of anilines is 3. The van der Waals surface area contributed by atoms with Crippen molar-refractivity contribution in [3.63, 3.8) is 0 Å². The fourth-order valence-corrected chi connectivity index (χ4v) is 4.14. The molecular weight excluding hydrogens is 414 g/mol. The number of rotatable bonds is 3. The minimum atomic E-state index is -0.316. The van der Waals surface area contributed by atoms with Crippen LogP contribution in [-0.4, -0.2) is 36.4 Å². The summed E-state index contributed by atoms with van der Waals surface area (Å²) in [5.74, 6) is -0.319. The second-order valence-corrected chi connectivity index (χ2v) is 7.97. The van der Waals surface area contributed by atoms with Gasteiger partial charge in [0.2, 0.25) is 11.8 Å². The SMILES string of the molecule is CC1CC(=O)Nc2ccccc2N1C(=O)CN(C)c1c(C#N)cnc2ccc(Cl)cc12. The Labute approximate surface area is 184 Å². The van der Waals surface area contributed by atoms with Crippen molar-refractivity contribution in [3.05, 3.63) is 59.2 Å². The van der Waals surface area contributed by atoms with Gasteiger partial charge in [-0.15, -0.1) is 0 Å². The van der Waals surface area contributed by atoms with Gasteiger partial charge in [-0.3, -0.25) is 14.6 Å². The van der Waals surface area contributed by atoms with Crippen LogP contribution < -0.4 is 15.1 Å². The molecule has 0 fully saturated rings. The number of para-hydroxylation sites is 2. The van der Waals surface area contributed by atoms with E-state index in [1.54, 1.807) is 41.1 Å². The number of pyridine rings is 1. The molecule has 31 heavy (non-hydrogen) atoms. The van der Waals surface area contributed by atoms with Gasteiger partial charge in [-0.25, -0.2) is 0 Å². The minimum absolute atomic E-state index is 0.00711. The Morgan fingerprint density at radius 1 is 1.35 bits per heavy atom. The first-order valence-electron chi connectivity index (χ1n) is 9.79. The number of nitrogens with zero attached hydrogens (tertiary/aromatic N) is 4. The number of nitriles is 1. The second kappa shape index (κ2) is 8.25. The molecule has 0 radical (unpaired) electrons. The van der Waals surface area contributed by atoms with Crippen molar-refractivity contribution in [2.24, 2.45) is 0 Å². The van der Waals surface area contributed by atoms with Gasteiger partial charge in [-0.1, -0.05) is 23.7 Å². The van der Waals surface area contributed by atoms with E-state index in [-0.39, 0.29) is 30.8 Å². The summed E-state index contributed by atoms with van der Waals surface area (Å²) in [6.45, 7) is 1.86. The van der Waals surface area contributed by atoms with Crippen LogP contribution in [0.4, 0.5) is 17.1 Å². The van der Waals surface area contributed by atoms with E-state index in [2.05, 4.69) is 16.4 Å². The van der Waals surface area contributed by atoms with E-state index in [4.69, 9.17) is 11.6 Å². The highest BCUT2D eigenvalue weighted by Crippen LogP contribution is 2.33. The Hall–Kier alpha value is -3.63. The normalized spacial score (nSPS) is 15.6. The summed E-state index contributed by atoms with van der Waals surface area (Å²) >= 11 is 6.18. The molecule has 1 N–H and O–H groups in total. The smallest absolute Gasteiger partial charge is 0.246 e. The molecule has 8 heteroatoms. The summed E-state index contributed by atoms with van der Waals surface area (Å²) in [5.41, 5.74) is 2.88. The van der Waals surface area contributed by atoms with Crippen LogP contribution in [0.15, 0.2) is 48.7 Å². The fraction of sp³-hybridized carbons (Fsp3) is 0.217. The van der Waals surface area contributed by atoms with Crippen molar-refractivity contribution in [1.29, 1.82) is 5.26 Å². The summed E-state index contributed by atoms with van der Waals surface area (Å²) in [4.78, 5) is 33.3. The largest absolute Gasteiger partial charge is 0.364 e. The van der Waals surface area contributed by atoms with Gasteiger partial charge in [0.1, 0.15) is 6.07 Å². The molecule has 156 valence electrons. The summed E-state index contributed by atoms with van der Waals surface area (Å²) in [5, 5.41) is 13.7. The molecule has 0 saturated carbocycles. The number of carbonyl (C=O) groups is 2. The highest BCUT2D eigenvalue weighted by molar-refractivity contribution is 6.31. The van der Waals surface area contributed by atoms with Crippen molar-refractivity contribution in [2.45, 2.75) is 19.4 Å². The van der Waals surface area contributed by atoms with E-state index in [0.717, 1.165) is 0 Å². The molecule has 1 unspecified atom stereocenters. The number of hydrogen-bond donors (Lipinski definition) is 1. The minimum Gasteiger partial charge on any atom is -0.364 e. The summed E-state index contributed by atoms with van der Waals surface area (Å²) < 4.78 is 0. The Kier molecular flexibility index (Phi) is 5.49. The van der Waals surface area contributed by atoms with E-state index in [1.165, 1.54) is 6.20 Å². The zero-order valence-electron chi connectivity index (χ0n) is 17.1. The molecule has 0 aliphatic carbocycles. The van der Waals surface area contributed by atoms with Gasteiger partial charge in [-0.2, -0.15) is 5.26 Å². The zero-order valence-corrected chi connectivity index (χ0v) is 17.8. The molecule has 3 aromatic rings. The fourth-order valence-electron chi connectivity index (χ4n) is 3.97. The van der Waals surface area contributed by atoms with E-state index in [0.29, 0.717) is 38.6 Å². The summed E-state index contributed by atoms with van der Waals surface area (Å²) in [6.07, 6.45) is 1.69. The van der Waals surface area contributed by atoms with Gasteiger partial charge in [0.25, 0.3) is 0 Å². The Morgan fingerprint density at radius 3 is 2.90 bits per heavy atom. The average Bonchev–Trinajstić information content (AvgIpc) is 2.86. The summed E-state index contributed by atoms with van der Waals surface area (Å²) in [7, 11) is 1.76. The average molecular weight is 434 g/mol. The van der Waals surface area contributed by atoms with E-state index in [9.17, 15) is 14.9 Å². The van der Waals surface area contributed by atoms with Crippen LogP contribution in [-0.2, 0) is 9.59 Å². The maximum Gasteiger partial charge on any atom is 0.246 e. The molecule has 2 amide bonds. The number of aromatic nitrogens is 1. The van der Waals surface area contributed by atoms with E-state index in [1.807, 2.05) is 25.1 Å². The van der Waals surface area contributed by atoms with Gasteiger partial charge in [0.05, 0.1) is 34.7 Å². The second-order valence-electron chi connectivity index (χ2n) is 7.53. The van der Waals surface area contributed by atoms with Crippen molar-refractivity contribution < 1.29 is 9.59 Å². The number of amides is 2. The predicted octanol–water partition coefficient (Wildman–Crippen LogP) is 3.96. The van der Waals surface area contributed by atoms with Gasteiger partial charge < -0.3 is 15.1 Å². The predicted molar refractivity (Wildman–Crippen MR) is 121 cm³/mol. The molecule has 0 bridgehead atoms. The summed E-state index contributed by atoms with van der Waals surface area (Å²) in [6, 6.07) is 14.3. The van der Waals surface area contributed by atoms with Crippen molar-refractivity contribution in [3.8, 4) is 6.07 Å². The number of likely N-dealkylation sites (N-methyl/N-ethyl adjacent to an activating group) is 1. The number of halogens is 1. The van der Waals surface area contributed by atoms with Crippen LogP contribution in [0.25, 0.3) is 10.9 Å². The standard InChI is InChI=1S/C23H20ClN5O2/c1-14-9-21(30)27-19-5-3-4-6-20(19)29(14)22(31)13-28(2)23-15(11-25)12-26-18-8-7-16(24)10-17(18)23/h3-8,10,12,14H,9,13H2,1-2H3,(H,27,30). The van der Waals surface area contributed by atoms with Crippen LogP contribution in [0.5, 0.6) is 0 Å². The monoisotopic (exact) mass is 433 g/mol. The van der Waals surface area contributed by atoms with Crippen molar-refractivity contribution in [1.82, 2.24) is 4.98 Å². The Balaban J connectivity index is 1.72. The lowest BCUT2D eigenvalue weighted by atomic mass is 10.1. The molecule has 2 heterocycles. The molecule has 1 aromatic heterocycles. The number of fused-ring (bicyclic) bond motifs is 2. The first-order chi connectivity index (χ1) is 14.9. The molecule has 1 aliphatic rings. The molecule has 1 atom stereocenters. The Bertz CT molecular complexity index is 1240. The van der Waals surface area contributed by atoms with E-state index < -0.39 is 0 Å². The number of nitrogens with one attached hydrogen (secondary N) is 1. The first-order valence-corrected chi connectivity index (χ1v) is 10.2. The van der Waals surface area contributed by atoms with Gasteiger partial charge in [0, 0.05) is 36.1 Å². The third kappa shape index (κ3) is 3.90. The number of carbonyl (C=O) groups excluding carboxylic acids is 2. The van der Waals surface area contributed by atoms with Crippen LogP contribution in [0.3, 0.4) is 0 Å². The quantitative estimate of drug-likeness (QED) is 0.675. The maximum atomic E-state index is 13.4. The molecule has 4 rings (SSSR count). The first kappa shape index (κ1) is 20.6. The van der Waals surface area contributed by atoms with Gasteiger partial charge in [-0.05, 0) is 37.3 Å².